The van der Waals surface area contributed by atoms with E-state index in [1.807, 2.05) is 37.3 Å². The van der Waals surface area contributed by atoms with Crippen molar-refractivity contribution < 1.29 is 14.6 Å². The number of ether oxygens (including phenoxy) is 1. The van der Waals surface area contributed by atoms with Crippen LogP contribution in [0.1, 0.15) is 35.6 Å². The number of alkyl carbamates (subject to hydrolysis) is 1. The van der Waals surface area contributed by atoms with Gasteiger partial charge < -0.3 is 15.2 Å². The normalized spacial score (nSPS) is 13.5. The molecular weight excluding hydrogens is 338 g/mol. The third-order valence-electron chi connectivity index (χ3n) is 5.08. The molecule has 3 aromatic rings. The number of amides is 1. The van der Waals surface area contributed by atoms with Crippen LogP contribution < -0.4 is 5.32 Å². The second kappa shape index (κ2) is 7.16. The Labute approximate surface area is 158 Å². The third-order valence-corrected chi connectivity index (χ3v) is 5.08. The fourth-order valence-electron chi connectivity index (χ4n) is 3.75. The number of phenols is 1. The Kier molecular flexibility index (Phi) is 4.55. The minimum Gasteiger partial charge on any atom is -0.508 e. The van der Waals surface area contributed by atoms with Crippen LogP contribution in [0.5, 0.6) is 5.75 Å². The van der Waals surface area contributed by atoms with Gasteiger partial charge in [-0.25, -0.2) is 4.79 Å². The molecule has 0 aromatic heterocycles. The van der Waals surface area contributed by atoms with Gasteiger partial charge in [-0.1, -0.05) is 66.7 Å². The molecule has 4 rings (SSSR count). The first-order valence-electron chi connectivity index (χ1n) is 9.04. The highest BCUT2D eigenvalue weighted by molar-refractivity contribution is 5.79. The van der Waals surface area contributed by atoms with E-state index in [1.54, 1.807) is 18.2 Å². The zero-order chi connectivity index (χ0) is 18.8. The predicted octanol–water partition coefficient (Wildman–Crippen LogP) is 4.99. The lowest BCUT2D eigenvalue weighted by Gasteiger charge is -2.18. The topological polar surface area (TPSA) is 58.6 Å². The van der Waals surface area contributed by atoms with Crippen molar-refractivity contribution in [2.45, 2.75) is 18.9 Å². The molecule has 2 N–H and O–H groups in total. The van der Waals surface area contributed by atoms with Crippen LogP contribution in [-0.4, -0.2) is 17.8 Å². The zero-order valence-corrected chi connectivity index (χ0v) is 15.1. The van der Waals surface area contributed by atoms with E-state index < -0.39 is 6.09 Å². The molecule has 4 nitrogen and oxygen atoms in total. The van der Waals surface area contributed by atoms with Gasteiger partial charge in [0.05, 0.1) is 6.04 Å². The van der Waals surface area contributed by atoms with E-state index in [4.69, 9.17) is 4.74 Å². The first kappa shape index (κ1) is 17.2. The molecule has 4 heteroatoms. The lowest BCUT2D eigenvalue weighted by atomic mass is 9.98. The third kappa shape index (κ3) is 3.26. The van der Waals surface area contributed by atoms with Gasteiger partial charge in [0.2, 0.25) is 0 Å². The predicted molar refractivity (Wildman–Crippen MR) is 105 cm³/mol. The van der Waals surface area contributed by atoms with Crippen molar-refractivity contribution >= 4 is 6.09 Å². The number of rotatable bonds is 4. The molecule has 27 heavy (non-hydrogen) atoms. The summed E-state index contributed by atoms with van der Waals surface area (Å²) in [5.41, 5.74) is 5.42. The SMILES string of the molecule is C[C@H](NC(=O)OCC1c2ccccc2-c2ccccc21)c1ccccc1O. The molecule has 136 valence electrons. The summed E-state index contributed by atoms with van der Waals surface area (Å²) in [6.07, 6.45) is -0.493. The highest BCUT2D eigenvalue weighted by atomic mass is 16.5. The number of benzene rings is 3. The monoisotopic (exact) mass is 359 g/mol. The molecule has 0 aliphatic heterocycles. The smallest absolute Gasteiger partial charge is 0.407 e. The first-order valence-corrected chi connectivity index (χ1v) is 9.04. The van der Waals surface area contributed by atoms with Gasteiger partial charge in [0.25, 0.3) is 0 Å². The molecule has 0 saturated carbocycles. The molecule has 1 atom stereocenters. The molecule has 0 spiro atoms. The van der Waals surface area contributed by atoms with Gasteiger partial charge in [-0.05, 0) is 35.2 Å². The van der Waals surface area contributed by atoms with Crippen molar-refractivity contribution in [2.75, 3.05) is 6.61 Å². The second-order valence-electron chi connectivity index (χ2n) is 6.75. The summed E-state index contributed by atoms with van der Waals surface area (Å²) in [7, 11) is 0. The number of para-hydroxylation sites is 1. The molecule has 0 heterocycles. The Bertz CT molecular complexity index is 937. The number of aromatic hydroxyl groups is 1. The summed E-state index contributed by atoms with van der Waals surface area (Å²) < 4.78 is 5.54. The molecular formula is C23H21NO3. The lowest BCUT2D eigenvalue weighted by molar-refractivity contribution is 0.139. The molecule has 0 radical (unpaired) electrons. The van der Waals surface area contributed by atoms with E-state index in [-0.39, 0.29) is 24.3 Å². The van der Waals surface area contributed by atoms with Crippen LogP contribution in [0.3, 0.4) is 0 Å². The fraction of sp³-hybridized carbons (Fsp3) is 0.174. The van der Waals surface area contributed by atoms with Gasteiger partial charge in [0.1, 0.15) is 12.4 Å². The molecule has 0 fully saturated rings. The zero-order valence-electron chi connectivity index (χ0n) is 15.1. The minimum absolute atomic E-state index is 0.0311. The van der Waals surface area contributed by atoms with E-state index >= 15 is 0 Å². The van der Waals surface area contributed by atoms with Crippen LogP contribution in [0.2, 0.25) is 0 Å². The number of hydrogen-bond donors (Lipinski definition) is 2. The molecule has 0 saturated heterocycles. The van der Waals surface area contributed by atoms with Crippen LogP contribution in [-0.2, 0) is 4.74 Å². The maximum absolute atomic E-state index is 12.3. The minimum atomic E-state index is -0.493. The number of carbonyl (C=O) groups is 1. The van der Waals surface area contributed by atoms with Gasteiger partial charge in [-0.2, -0.15) is 0 Å². The summed E-state index contributed by atoms with van der Waals surface area (Å²) in [6, 6.07) is 23.1. The van der Waals surface area contributed by atoms with Crippen LogP contribution in [0.25, 0.3) is 11.1 Å². The Morgan fingerprint density at radius 2 is 1.52 bits per heavy atom. The molecule has 1 amide bonds. The van der Waals surface area contributed by atoms with Crippen molar-refractivity contribution in [1.82, 2.24) is 5.32 Å². The van der Waals surface area contributed by atoms with Gasteiger partial charge in [-0.15, -0.1) is 0 Å². The number of hydrogen-bond acceptors (Lipinski definition) is 3. The van der Waals surface area contributed by atoms with E-state index in [1.165, 1.54) is 22.3 Å². The standard InChI is InChI=1S/C23H21NO3/c1-15(16-8-6-7-13-22(16)25)24-23(26)27-14-21-19-11-4-2-9-17(19)18-10-3-5-12-20(18)21/h2-13,15,21,25H,14H2,1H3,(H,24,26)/t15-/m0/s1. The molecule has 3 aromatic carbocycles. The van der Waals surface area contributed by atoms with Crippen molar-refractivity contribution in [1.29, 1.82) is 0 Å². The van der Waals surface area contributed by atoms with Crippen LogP contribution in [0.15, 0.2) is 72.8 Å². The van der Waals surface area contributed by atoms with E-state index in [0.29, 0.717) is 5.56 Å². The summed E-state index contributed by atoms with van der Waals surface area (Å²) in [5, 5.41) is 12.7. The van der Waals surface area contributed by atoms with Crippen molar-refractivity contribution in [3.8, 4) is 16.9 Å². The maximum atomic E-state index is 12.3. The summed E-state index contributed by atoms with van der Waals surface area (Å²) in [6.45, 7) is 2.09. The average Bonchev–Trinajstić information content (AvgIpc) is 3.00. The second-order valence-corrected chi connectivity index (χ2v) is 6.75. The van der Waals surface area contributed by atoms with Crippen LogP contribution in [0.4, 0.5) is 4.79 Å². The van der Waals surface area contributed by atoms with Gasteiger partial charge in [-0.3, -0.25) is 0 Å². The lowest BCUT2D eigenvalue weighted by Crippen LogP contribution is -2.28. The Hall–Kier alpha value is -3.27. The largest absolute Gasteiger partial charge is 0.508 e. The van der Waals surface area contributed by atoms with E-state index in [0.717, 1.165) is 0 Å². The summed E-state index contributed by atoms with van der Waals surface area (Å²) in [4.78, 5) is 12.3. The van der Waals surface area contributed by atoms with Crippen LogP contribution in [0, 0.1) is 0 Å². The highest BCUT2D eigenvalue weighted by Gasteiger charge is 2.29. The number of phenolic OH excluding ortho intramolecular Hbond substituents is 1. The number of nitrogens with one attached hydrogen (secondary N) is 1. The van der Waals surface area contributed by atoms with Gasteiger partial charge >= 0.3 is 6.09 Å². The molecule has 0 unspecified atom stereocenters. The summed E-state index contributed by atoms with van der Waals surface area (Å²) in [5.74, 6) is 0.188. The van der Waals surface area contributed by atoms with Gasteiger partial charge in [0, 0.05) is 11.5 Å². The highest BCUT2D eigenvalue weighted by Crippen LogP contribution is 2.44. The Morgan fingerprint density at radius 3 is 2.15 bits per heavy atom. The number of carbonyl (C=O) groups excluding carboxylic acids is 1. The van der Waals surface area contributed by atoms with Crippen LogP contribution >= 0.6 is 0 Å². The van der Waals surface area contributed by atoms with Crippen molar-refractivity contribution in [2.24, 2.45) is 0 Å². The van der Waals surface area contributed by atoms with E-state index in [9.17, 15) is 9.90 Å². The number of fused-ring (bicyclic) bond motifs is 3. The molecule has 0 bridgehead atoms. The summed E-state index contributed by atoms with van der Waals surface area (Å²) >= 11 is 0. The van der Waals surface area contributed by atoms with E-state index in [2.05, 4.69) is 29.6 Å². The average molecular weight is 359 g/mol. The maximum Gasteiger partial charge on any atom is 0.407 e. The van der Waals surface area contributed by atoms with Gasteiger partial charge in [0.15, 0.2) is 0 Å². The molecule has 1 aliphatic carbocycles. The Balaban J connectivity index is 1.46. The first-order chi connectivity index (χ1) is 13.1. The fourth-order valence-corrected chi connectivity index (χ4v) is 3.75. The van der Waals surface area contributed by atoms with Crippen molar-refractivity contribution in [3.05, 3.63) is 89.5 Å². The molecule has 1 aliphatic rings. The quantitative estimate of drug-likeness (QED) is 0.690. The Morgan fingerprint density at radius 1 is 0.963 bits per heavy atom. The van der Waals surface area contributed by atoms with Crippen molar-refractivity contribution in [3.63, 3.8) is 0 Å².